The summed E-state index contributed by atoms with van der Waals surface area (Å²) in [6.07, 6.45) is 1.56. The van der Waals surface area contributed by atoms with Crippen molar-refractivity contribution in [1.82, 2.24) is 14.9 Å². The van der Waals surface area contributed by atoms with Crippen LogP contribution in [0.3, 0.4) is 0 Å². The van der Waals surface area contributed by atoms with Crippen molar-refractivity contribution in [3.63, 3.8) is 0 Å². The molecule has 0 spiro atoms. The average Bonchev–Trinajstić information content (AvgIpc) is 2.54. The van der Waals surface area contributed by atoms with Gasteiger partial charge < -0.3 is 9.80 Å². The molecule has 116 valence electrons. The van der Waals surface area contributed by atoms with Crippen molar-refractivity contribution in [2.45, 2.75) is 26.7 Å². The number of benzene rings is 1. The van der Waals surface area contributed by atoms with E-state index in [1.54, 1.807) is 0 Å². The Hall–Kier alpha value is -2.17. The fraction of sp³-hybridized carbons (Fsp3) is 0.471. The van der Waals surface area contributed by atoms with Gasteiger partial charge in [-0.1, -0.05) is 19.1 Å². The molecule has 1 aliphatic rings. The van der Waals surface area contributed by atoms with Crippen molar-refractivity contribution < 1.29 is 4.79 Å². The Morgan fingerprint density at radius 2 is 1.73 bits per heavy atom. The molecular weight excluding hydrogens is 276 g/mol. The first-order chi connectivity index (χ1) is 10.7. The lowest BCUT2D eigenvalue weighted by Crippen LogP contribution is -2.49. The predicted molar refractivity (Wildman–Crippen MR) is 88.0 cm³/mol. The summed E-state index contributed by atoms with van der Waals surface area (Å²) in [6, 6.07) is 7.94. The number of amides is 1. The van der Waals surface area contributed by atoms with E-state index in [0.29, 0.717) is 6.42 Å². The van der Waals surface area contributed by atoms with Crippen molar-refractivity contribution in [2.75, 3.05) is 31.1 Å². The summed E-state index contributed by atoms with van der Waals surface area (Å²) in [5.41, 5.74) is 2.81. The van der Waals surface area contributed by atoms with Crippen molar-refractivity contribution >= 4 is 22.8 Å². The third kappa shape index (κ3) is 2.89. The third-order valence-corrected chi connectivity index (χ3v) is 4.12. The quantitative estimate of drug-likeness (QED) is 0.873. The summed E-state index contributed by atoms with van der Waals surface area (Å²) in [5.74, 6) is 1.21. The van der Waals surface area contributed by atoms with Crippen LogP contribution in [0.25, 0.3) is 11.0 Å². The fourth-order valence-electron chi connectivity index (χ4n) is 2.92. The highest BCUT2D eigenvalue weighted by Gasteiger charge is 2.22. The van der Waals surface area contributed by atoms with Gasteiger partial charge in [0.2, 0.25) is 5.91 Å². The van der Waals surface area contributed by atoms with Gasteiger partial charge in [0.1, 0.15) is 0 Å². The molecular formula is C17H22N4O. The molecule has 0 N–H and O–H groups in total. The van der Waals surface area contributed by atoms with Gasteiger partial charge in [0, 0.05) is 32.6 Å². The minimum absolute atomic E-state index is 0.267. The highest BCUT2D eigenvalue weighted by molar-refractivity contribution is 5.77. The van der Waals surface area contributed by atoms with Gasteiger partial charge in [0.05, 0.1) is 16.7 Å². The minimum Gasteiger partial charge on any atom is -0.352 e. The number of aromatic nitrogens is 2. The van der Waals surface area contributed by atoms with E-state index in [1.807, 2.05) is 43.0 Å². The number of para-hydroxylation sites is 2. The molecule has 0 atom stereocenters. The summed E-state index contributed by atoms with van der Waals surface area (Å²) in [7, 11) is 0. The second-order valence-corrected chi connectivity index (χ2v) is 5.74. The first kappa shape index (κ1) is 14.8. The maximum absolute atomic E-state index is 12.0. The van der Waals surface area contributed by atoms with E-state index < -0.39 is 0 Å². The molecule has 5 heteroatoms. The highest BCUT2D eigenvalue weighted by Crippen LogP contribution is 2.21. The van der Waals surface area contributed by atoms with Crippen molar-refractivity contribution in [3.8, 4) is 0 Å². The zero-order valence-corrected chi connectivity index (χ0v) is 13.2. The van der Waals surface area contributed by atoms with Crippen LogP contribution in [0.2, 0.25) is 0 Å². The summed E-state index contributed by atoms with van der Waals surface area (Å²) < 4.78 is 0. The number of carbonyl (C=O) groups excluding carboxylic acids is 1. The van der Waals surface area contributed by atoms with Crippen LogP contribution in [0, 0.1) is 6.92 Å². The summed E-state index contributed by atoms with van der Waals surface area (Å²) in [4.78, 5) is 25.6. The minimum atomic E-state index is 0.267. The van der Waals surface area contributed by atoms with E-state index in [1.165, 1.54) is 0 Å². The van der Waals surface area contributed by atoms with Crippen molar-refractivity contribution in [3.05, 3.63) is 30.0 Å². The molecule has 2 aromatic rings. The molecule has 0 radical (unpaired) electrons. The van der Waals surface area contributed by atoms with E-state index >= 15 is 0 Å². The van der Waals surface area contributed by atoms with Crippen LogP contribution >= 0.6 is 0 Å². The van der Waals surface area contributed by atoms with Gasteiger partial charge in [-0.2, -0.15) is 0 Å². The molecule has 0 unspecified atom stereocenters. The van der Waals surface area contributed by atoms with Crippen molar-refractivity contribution in [2.24, 2.45) is 0 Å². The number of hydrogen-bond donors (Lipinski definition) is 0. The highest BCUT2D eigenvalue weighted by atomic mass is 16.2. The molecule has 1 amide bonds. The number of piperazine rings is 1. The van der Waals surface area contributed by atoms with Crippen molar-refractivity contribution in [1.29, 1.82) is 0 Å². The Morgan fingerprint density at radius 3 is 2.36 bits per heavy atom. The normalized spacial score (nSPS) is 15.4. The van der Waals surface area contributed by atoms with Crippen LogP contribution in [0.1, 0.15) is 25.5 Å². The molecule has 0 saturated carbocycles. The smallest absolute Gasteiger partial charge is 0.222 e. The van der Waals surface area contributed by atoms with Gasteiger partial charge in [-0.05, 0) is 25.5 Å². The van der Waals surface area contributed by atoms with Gasteiger partial charge in [-0.3, -0.25) is 4.79 Å². The zero-order chi connectivity index (χ0) is 15.5. The first-order valence-corrected chi connectivity index (χ1v) is 7.95. The van der Waals surface area contributed by atoms with Gasteiger partial charge in [0.15, 0.2) is 5.82 Å². The standard InChI is InChI=1S/C17H22N4O/c1-3-6-16(22)20-9-11-21(12-10-20)17-13(2)18-14-7-4-5-8-15(14)19-17/h4-5,7-8H,3,6,9-12H2,1-2H3. The number of fused-ring (bicyclic) bond motifs is 1. The van der Waals surface area contributed by atoms with Crippen LogP contribution < -0.4 is 4.90 Å². The van der Waals surface area contributed by atoms with Crippen LogP contribution in [0.4, 0.5) is 5.82 Å². The van der Waals surface area contributed by atoms with Gasteiger partial charge in [-0.15, -0.1) is 0 Å². The molecule has 0 aliphatic carbocycles. The van der Waals surface area contributed by atoms with E-state index in [0.717, 1.165) is 55.1 Å². The Balaban J connectivity index is 1.76. The lowest BCUT2D eigenvalue weighted by atomic mass is 10.2. The van der Waals surface area contributed by atoms with Gasteiger partial charge in [-0.25, -0.2) is 9.97 Å². The lowest BCUT2D eigenvalue weighted by Gasteiger charge is -2.36. The first-order valence-electron chi connectivity index (χ1n) is 7.95. The van der Waals surface area contributed by atoms with E-state index in [-0.39, 0.29) is 5.91 Å². The molecule has 1 aliphatic heterocycles. The molecule has 5 nitrogen and oxygen atoms in total. The monoisotopic (exact) mass is 298 g/mol. The van der Waals surface area contributed by atoms with E-state index in [4.69, 9.17) is 4.98 Å². The number of nitrogens with zero attached hydrogens (tertiary/aromatic N) is 4. The third-order valence-electron chi connectivity index (χ3n) is 4.12. The van der Waals surface area contributed by atoms with Crippen LogP contribution in [0.15, 0.2) is 24.3 Å². The lowest BCUT2D eigenvalue weighted by molar-refractivity contribution is -0.131. The Kier molecular flexibility index (Phi) is 4.22. The summed E-state index contributed by atoms with van der Waals surface area (Å²) >= 11 is 0. The van der Waals surface area contributed by atoms with Crippen LogP contribution in [0.5, 0.6) is 0 Å². The van der Waals surface area contributed by atoms with Crippen LogP contribution in [-0.2, 0) is 4.79 Å². The molecule has 1 aromatic heterocycles. The van der Waals surface area contributed by atoms with Gasteiger partial charge >= 0.3 is 0 Å². The second kappa shape index (κ2) is 6.30. The number of carbonyl (C=O) groups is 1. The largest absolute Gasteiger partial charge is 0.352 e. The molecule has 3 rings (SSSR count). The van der Waals surface area contributed by atoms with Gasteiger partial charge in [0.25, 0.3) is 0 Å². The molecule has 1 aromatic carbocycles. The zero-order valence-electron chi connectivity index (χ0n) is 13.2. The fourth-order valence-corrected chi connectivity index (χ4v) is 2.92. The molecule has 1 fully saturated rings. The SMILES string of the molecule is CCCC(=O)N1CCN(c2nc3ccccc3nc2C)CC1. The average molecular weight is 298 g/mol. The number of aryl methyl sites for hydroxylation is 1. The maximum Gasteiger partial charge on any atom is 0.222 e. The van der Waals surface area contributed by atoms with E-state index in [2.05, 4.69) is 9.88 Å². The maximum atomic E-state index is 12.0. The topological polar surface area (TPSA) is 49.3 Å². The number of rotatable bonds is 3. The second-order valence-electron chi connectivity index (χ2n) is 5.74. The Labute approximate surface area is 131 Å². The Morgan fingerprint density at radius 1 is 1.09 bits per heavy atom. The summed E-state index contributed by atoms with van der Waals surface area (Å²) in [6.45, 7) is 7.23. The summed E-state index contributed by atoms with van der Waals surface area (Å²) in [5, 5.41) is 0. The molecule has 22 heavy (non-hydrogen) atoms. The predicted octanol–water partition coefficient (Wildman–Crippen LogP) is 2.39. The Bertz CT molecular complexity index is 677. The van der Waals surface area contributed by atoms with E-state index in [9.17, 15) is 4.79 Å². The number of anilines is 1. The molecule has 0 bridgehead atoms. The molecule has 1 saturated heterocycles. The number of hydrogen-bond acceptors (Lipinski definition) is 4. The van der Waals surface area contributed by atoms with Crippen LogP contribution in [-0.4, -0.2) is 47.0 Å². The molecule has 2 heterocycles.